The number of halogens is 1. The number of benzene rings is 1. The van der Waals surface area contributed by atoms with Crippen molar-refractivity contribution in [3.05, 3.63) is 34.3 Å². The van der Waals surface area contributed by atoms with Gasteiger partial charge in [0.2, 0.25) is 0 Å². The number of nitrogens with zero attached hydrogens (tertiary/aromatic N) is 1. The van der Waals surface area contributed by atoms with E-state index in [4.69, 9.17) is 4.74 Å². The second-order valence-corrected chi connectivity index (χ2v) is 7.82. The minimum atomic E-state index is -0.983. The normalized spacial score (nSPS) is 20.9. The predicted octanol–water partition coefficient (Wildman–Crippen LogP) is 3.38. The van der Waals surface area contributed by atoms with E-state index in [-0.39, 0.29) is 18.2 Å². The number of hydrogen-bond acceptors (Lipinski definition) is 3. The van der Waals surface area contributed by atoms with Gasteiger partial charge in [-0.05, 0) is 37.5 Å². The van der Waals surface area contributed by atoms with Gasteiger partial charge in [0.05, 0.1) is 17.0 Å². The van der Waals surface area contributed by atoms with Gasteiger partial charge in [-0.2, -0.15) is 0 Å². The van der Waals surface area contributed by atoms with Crippen LogP contribution in [0.5, 0.6) is 0 Å². The fourth-order valence-corrected chi connectivity index (χ4v) is 3.36. The lowest BCUT2D eigenvalue weighted by atomic mass is 10.0. The summed E-state index contributed by atoms with van der Waals surface area (Å²) in [6, 6.07) is 8.00. The average Bonchev–Trinajstić information content (AvgIpc) is 2.51. The molecular formula is C16H23BrN2O3S. The highest BCUT2D eigenvalue weighted by Gasteiger charge is 2.30. The van der Waals surface area contributed by atoms with Crippen molar-refractivity contribution in [2.45, 2.75) is 38.3 Å². The summed E-state index contributed by atoms with van der Waals surface area (Å²) in [6.45, 7) is 3.40. The van der Waals surface area contributed by atoms with E-state index >= 15 is 0 Å². The zero-order valence-electron chi connectivity index (χ0n) is 13.5. The molecule has 1 heterocycles. The fourth-order valence-electron chi connectivity index (χ4n) is 2.67. The molecule has 1 aliphatic rings. The van der Waals surface area contributed by atoms with Gasteiger partial charge < -0.3 is 9.64 Å². The molecule has 3 atom stereocenters. The minimum Gasteiger partial charge on any atom is -0.446 e. The van der Waals surface area contributed by atoms with Crippen LogP contribution in [-0.2, 0) is 15.7 Å². The molecule has 1 aliphatic heterocycles. The Morgan fingerprint density at radius 2 is 2.13 bits per heavy atom. The molecule has 7 heteroatoms. The lowest BCUT2D eigenvalue weighted by Crippen LogP contribution is -2.43. The largest absolute Gasteiger partial charge is 0.446 e. The second kappa shape index (κ2) is 8.80. The summed E-state index contributed by atoms with van der Waals surface area (Å²) in [7, 11) is -0.983. The Hall–Kier alpha value is -0.920. The number of nitrogens with one attached hydrogen (secondary N) is 1. The molecule has 2 rings (SSSR count). The van der Waals surface area contributed by atoms with Gasteiger partial charge in [0.15, 0.2) is 0 Å². The van der Waals surface area contributed by atoms with Gasteiger partial charge in [0.25, 0.3) is 0 Å². The van der Waals surface area contributed by atoms with Crippen molar-refractivity contribution in [2.24, 2.45) is 0 Å². The van der Waals surface area contributed by atoms with E-state index in [2.05, 4.69) is 20.7 Å². The molecule has 0 bridgehead atoms. The smallest absolute Gasteiger partial charge is 0.410 e. The monoisotopic (exact) mass is 402 g/mol. The van der Waals surface area contributed by atoms with Crippen molar-refractivity contribution in [2.75, 3.05) is 19.3 Å². The number of ether oxygens (including phenoxy) is 1. The summed E-state index contributed by atoms with van der Waals surface area (Å²) >= 11 is 3.42. The molecule has 3 unspecified atom stereocenters. The number of hydrogen-bond donors (Lipinski definition) is 1. The zero-order valence-corrected chi connectivity index (χ0v) is 15.9. The maximum atomic E-state index is 12.3. The van der Waals surface area contributed by atoms with Crippen molar-refractivity contribution in [1.82, 2.24) is 9.62 Å². The Balaban J connectivity index is 1.82. The summed E-state index contributed by atoms with van der Waals surface area (Å²) in [5, 5.41) is 0. The molecule has 23 heavy (non-hydrogen) atoms. The molecule has 1 N–H and O–H groups in total. The Kier molecular flexibility index (Phi) is 7.05. The van der Waals surface area contributed by atoms with Crippen LogP contribution in [0.3, 0.4) is 0 Å². The molecule has 5 nitrogen and oxygen atoms in total. The van der Waals surface area contributed by atoms with Crippen molar-refractivity contribution >= 4 is 33.0 Å². The van der Waals surface area contributed by atoms with Crippen LogP contribution >= 0.6 is 15.9 Å². The third kappa shape index (κ3) is 5.58. The third-order valence-corrected chi connectivity index (χ3v) is 5.16. The average molecular weight is 403 g/mol. The summed E-state index contributed by atoms with van der Waals surface area (Å²) in [5.74, 6) is 0. The molecule has 1 aromatic rings. The Morgan fingerprint density at radius 1 is 1.43 bits per heavy atom. The van der Waals surface area contributed by atoms with E-state index in [9.17, 15) is 9.00 Å². The van der Waals surface area contributed by atoms with E-state index in [1.165, 1.54) is 0 Å². The quantitative estimate of drug-likeness (QED) is 0.711. The zero-order chi connectivity index (χ0) is 16.8. The van der Waals surface area contributed by atoms with Crippen molar-refractivity contribution in [1.29, 1.82) is 0 Å². The SMILES string of the molecule is CC(c1ccc(Br)cc1)N1CCC(CCCNS(C)=O)OC1=O. The minimum absolute atomic E-state index is 0.000676. The molecule has 1 aromatic carbocycles. The maximum absolute atomic E-state index is 12.3. The van der Waals surface area contributed by atoms with Gasteiger partial charge in [-0.15, -0.1) is 0 Å². The van der Waals surface area contributed by atoms with Gasteiger partial charge >= 0.3 is 6.09 Å². The van der Waals surface area contributed by atoms with Crippen molar-refractivity contribution in [3.63, 3.8) is 0 Å². The molecule has 0 radical (unpaired) electrons. The topological polar surface area (TPSA) is 58.6 Å². The summed E-state index contributed by atoms with van der Waals surface area (Å²) in [5.41, 5.74) is 1.10. The third-order valence-electron chi connectivity index (χ3n) is 4.02. The highest BCUT2D eigenvalue weighted by atomic mass is 79.9. The van der Waals surface area contributed by atoms with Crippen LogP contribution in [0, 0.1) is 0 Å². The predicted molar refractivity (Wildman–Crippen MR) is 95.5 cm³/mol. The van der Waals surface area contributed by atoms with Crippen molar-refractivity contribution < 1.29 is 13.7 Å². The van der Waals surface area contributed by atoms with Crippen LogP contribution in [0.15, 0.2) is 28.7 Å². The first-order valence-electron chi connectivity index (χ1n) is 7.77. The van der Waals surface area contributed by atoms with Gasteiger partial charge in [0, 0.05) is 30.2 Å². The number of amides is 1. The molecule has 0 aliphatic carbocycles. The molecule has 0 aromatic heterocycles. The van der Waals surface area contributed by atoms with Crippen LogP contribution in [-0.4, -0.2) is 40.7 Å². The first kappa shape index (κ1) is 18.4. The van der Waals surface area contributed by atoms with Gasteiger partial charge in [-0.25, -0.2) is 13.7 Å². The fraction of sp³-hybridized carbons (Fsp3) is 0.562. The first-order valence-corrected chi connectivity index (χ1v) is 10.1. The molecule has 1 fully saturated rings. The van der Waals surface area contributed by atoms with Crippen LogP contribution < -0.4 is 4.72 Å². The summed E-state index contributed by atoms with van der Waals surface area (Å²) in [6.07, 6.45) is 3.81. The lowest BCUT2D eigenvalue weighted by molar-refractivity contribution is 0.00942. The molecule has 0 spiro atoms. The highest BCUT2D eigenvalue weighted by molar-refractivity contribution is 9.10. The van der Waals surface area contributed by atoms with Crippen molar-refractivity contribution in [3.8, 4) is 0 Å². The molecule has 1 amide bonds. The Labute approximate surface area is 148 Å². The van der Waals surface area contributed by atoms with E-state index < -0.39 is 11.0 Å². The van der Waals surface area contributed by atoms with Gasteiger partial charge in [0.1, 0.15) is 6.10 Å². The number of cyclic esters (lactones) is 1. The van der Waals surface area contributed by atoms with E-state index in [0.717, 1.165) is 29.3 Å². The van der Waals surface area contributed by atoms with Gasteiger partial charge in [-0.1, -0.05) is 28.1 Å². The second-order valence-electron chi connectivity index (χ2n) is 5.71. The maximum Gasteiger partial charge on any atom is 0.410 e. The van der Waals surface area contributed by atoms with E-state index in [1.807, 2.05) is 31.2 Å². The molecular weight excluding hydrogens is 380 g/mol. The summed E-state index contributed by atoms with van der Waals surface area (Å²) < 4.78 is 20.4. The van der Waals surface area contributed by atoms with Crippen LogP contribution in [0.25, 0.3) is 0 Å². The lowest BCUT2D eigenvalue weighted by Gasteiger charge is -2.36. The Morgan fingerprint density at radius 3 is 2.74 bits per heavy atom. The number of rotatable bonds is 7. The van der Waals surface area contributed by atoms with Crippen LogP contribution in [0.2, 0.25) is 0 Å². The summed E-state index contributed by atoms with van der Waals surface area (Å²) in [4.78, 5) is 14.0. The number of carbonyl (C=O) groups is 1. The number of carbonyl (C=O) groups excluding carboxylic acids is 1. The standard InChI is InChI=1S/C16H23BrN2O3S/c1-12(13-5-7-14(17)8-6-13)19-11-9-15(22-16(19)20)4-3-10-18-23(2)21/h5-8,12,15,18H,3-4,9-11H2,1-2H3. The van der Waals surface area contributed by atoms with Gasteiger partial charge in [-0.3, -0.25) is 0 Å². The van der Waals surface area contributed by atoms with Crippen LogP contribution in [0.1, 0.15) is 37.8 Å². The van der Waals surface area contributed by atoms with Crippen LogP contribution in [0.4, 0.5) is 4.79 Å². The Bertz CT molecular complexity index is 553. The molecule has 128 valence electrons. The van der Waals surface area contributed by atoms with E-state index in [0.29, 0.717) is 13.1 Å². The molecule has 1 saturated heterocycles. The van der Waals surface area contributed by atoms with E-state index in [1.54, 1.807) is 11.2 Å². The molecule has 0 saturated carbocycles. The highest BCUT2D eigenvalue weighted by Crippen LogP contribution is 2.27. The first-order chi connectivity index (χ1) is 11.0.